The summed E-state index contributed by atoms with van der Waals surface area (Å²) in [5.41, 5.74) is 3.28. The fourth-order valence-electron chi connectivity index (χ4n) is 2.70. The molecule has 0 bridgehead atoms. The minimum absolute atomic E-state index is 0.121. The molecule has 3 nitrogen and oxygen atoms in total. The molecule has 1 aromatic rings. The molecule has 3 heteroatoms. The van der Waals surface area contributed by atoms with Gasteiger partial charge >= 0.3 is 0 Å². The van der Waals surface area contributed by atoms with E-state index in [1.165, 1.54) is 24.0 Å². The average Bonchev–Trinajstić information content (AvgIpc) is 2.36. The van der Waals surface area contributed by atoms with Gasteiger partial charge in [-0.25, -0.2) is 5.32 Å². The molecular formula is C16H23N2O. The van der Waals surface area contributed by atoms with Gasteiger partial charge in [-0.2, -0.15) is 0 Å². The summed E-state index contributed by atoms with van der Waals surface area (Å²) in [6.07, 6.45) is 3.97. The number of aryl methyl sites for hydroxylation is 2. The van der Waals surface area contributed by atoms with Crippen LogP contribution in [0.1, 0.15) is 36.8 Å². The normalized spacial score (nSPS) is 19.2. The first-order chi connectivity index (χ1) is 9.13. The van der Waals surface area contributed by atoms with E-state index in [2.05, 4.69) is 16.7 Å². The Bertz CT molecular complexity index is 416. The Morgan fingerprint density at radius 2 is 2.05 bits per heavy atom. The lowest BCUT2D eigenvalue weighted by Gasteiger charge is -2.20. The van der Waals surface area contributed by atoms with Gasteiger partial charge in [0.1, 0.15) is 0 Å². The number of carbonyl (C=O) groups is 1. The smallest absolute Gasteiger partial charge is 0.224 e. The first kappa shape index (κ1) is 14.1. The molecule has 1 amide bonds. The Labute approximate surface area is 115 Å². The van der Waals surface area contributed by atoms with Crippen LogP contribution in [0.25, 0.3) is 0 Å². The van der Waals surface area contributed by atoms with E-state index in [0.29, 0.717) is 12.3 Å². The number of rotatable bonds is 4. The van der Waals surface area contributed by atoms with Crippen LogP contribution in [-0.4, -0.2) is 19.0 Å². The molecular weight excluding hydrogens is 236 g/mol. The number of benzene rings is 1. The third kappa shape index (κ3) is 4.67. The van der Waals surface area contributed by atoms with Crippen LogP contribution in [0.4, 0.5) is 5.69 Å². The number of amides is 1. The Kier molecular flexibility index (Phi) is 4.97. The van der Waals surface area contributed by atoms with Crippen molar-refractivity contribution in [1.29, 1.82) is 0 Å². The fraction of sp³-hybridized carbons (Fsp3) is 0.562. The van der Waals surface area contributed by atoms with Crippen LogP contribution in [0, 0.1) is 19.8 Å². The molecule has 0 aliphatic carbocycles. The molecule has 1 N–H and O–H groups in total. The molecule has 1 aromatic carbocycles. The third-order valence-electron chi connectivity index (χ3n) is 3.60. The summed E-state index contributed by atoms with van der Waals surface area (Å²) in [5, 5.41) is 7.41. The first-order valence-electron chi connectivity index (χ1n) is 7.15. The zero-order chi connectivity index (χ0) is 13.7. The summed E-state index contributed by atoms with van der Waals surface area (Å²) >= 11 is 0. The number of hydrogen-bond donors (Lipinski definition) is 1. The number of carbonyl (C=O) groups excluding carboxylic acids is 1. The summed E-state index contributed by atoms with van der Waals surface area (Å²) in [6, 6.07) is 6.14. The fourth-order valence-corrected chi connectivity index (χ4v) is 2.70. The molecule has 0 spiro atoms. The lowest BCUT2D eigenvalue weighted by atomic mass is 9.94. The molecule has 19 heavy (non-hydrogen) atoms. The van der Waals surface area contributed by atoms with Crippen LogP contribution >= 0.6 is 0 Å². The topological polar surface area (TPSA) is 43.2 Å². The predicted molar refractivity (Wildman–Crippen MR) is 78.4 cm³/mol. The Balaban J connectivity index is 1.80. The minimum Gasteiger partial charge on any atom is -0.326 e. The maximum absolute atomic E-state index is 11.9. The van der Waals surface area contributed by atoms with Gasteiger partial charge in [-0.05, 0) is 62.3 Å². The minimum atomic E-state index is 0.121. The number of nitrogens with zero attached hydrogens (tertiary/aromatic N) is 1. The van der Waals surface area contributed by atoms with Crippen LogP contribution in [-0.2, 0) is 4.79 Å². The van der Waals surface area contributed by atoms with Gasteiger partial charge in [0.15, 0.2) is 0 Å². The molecule has 1 aliphatic rings. The highest BCUT2D eigenvalue weighted by molar-refractivity contribution is 5.90. The summed E-state index contributed by atoms with van der Waals surface area (Å²) in [6.45, 7) is 6.04. The molecule has 2 rings (SSSR count). The van der Waals surface area contributed by atoms with Gasteiger partial charge in [0.25, 0.3) is 0 Å². The number of hydrogen-bond acceptors (Lipinski definition) is 1. The van der Waals surface area contributed by atoms with Crippen molar-refractivity contribution >= 4 is 11.6 Å². The molecule has 1 atom stereocenters. The maximum atomic E-state index is 11.9. The van der Waals surface area contributed by atoms with Crippen molar-refractivity contribution in [1.82, 2.24) is 5.32 Å². The maximum Gasteiger partial charge on any atom is 0.224 e. The van der Waals surface area contributed by atoms with Crippen molar-refractivity contribution in [2.24, 2.45) is 5.92 Å². The molecule has 1 aliphatic heterocycles. The second-order valence-corrected chi connectivity index (χ2v) is 5.60. The molecule has 1 heterocycles. The van der Waals surface area contributed by atoms with Gasteiger partial charge in [0.2, 0.25) is 5.91 Å². The second kappa shape index (κ2) is 6.71. The summed E-state index contributed by atoms with van der Waals surface area (Å²) in [7, 11) is 0. The number of anilines is 1. The van der Waals surface area contributed by atoms with Crippen LogP contribution < -0.4 is 10.6 Å². The van der Waals surface area contributed by atoms with E-state index < -0.39 is 0 Å². The van der Waals surface area contributed by atoms with E-state index in [1.807, 2.05) is 26.0 Å². The van der Waals surface area contributed by atoms with Crippen molar-refractivity contribution in [3.63, 3.8) is 0 Å². The second-order valence-electron chi connectivity index (χ2n) is 5.60. The van der Waals surface area contributed by atoms with E-state index in [-0.39, 0.29) is 5.91 Å². The van der Waals surface area contributed by atoms with Gasteiger partial charge in [-0.3, -0.25) is 4.79 Å². The zero-order valence-electron chi connectivity index (χ0n) is 11.9. The van der Waals surface area contributed by atoms with Gasteiger partial charge in [0, 0.05) is 25.2 Å². The van der Waals surface area contributed by atoms with Crippen LogP contribution in [0.5, 0.6) is 0 Å². The van der Waals surface area contributed by atoms with Crippen LogP contribution in [0.15, 0.2) is 18.2 Å². The lowest BCUT2D eigenvalue weighted by molar-refractivity contribution is -0.116. The Morgan fingerprint density at radius 3 is 2.68 bits per heavy atom. The molecule has 0 saturated carbocycles. The Morgan fingerprint density at radius 1 is 1.32 bits per heavy atom. The summed E-state index contributed by atoms with van der Waals surface area (Å²) in [5.74, 6) is 0.731. The van der Waals surface area contributed by atoms with E-state index >= 15 is 0 Å². The van der Waals surface area contributed by atoms with Gasteiger partial charge in [-0.15, -0.1) is 0 Å². The van der Waals surface area contributed by atoms with Gasteiger partial charge < -0.3 is 5.32 Å². The molecule has 1 radical (unpaired) electrons. The number of nitrogens with one attached hydrogen (secondary N) is 1. The largest absolute Gasteiger partial charge is 0.326 e. The predicted octanol–water partition coefficient (Wildman–Crippen LogP) is 3.04. The van der Waals surface area contributed by atoms with Crippen molar-refractivity contribution in [2.75, 3.05) is 18.4 Å². The van der Waals surface area contributed by atoms with Crippen molar-refractivity contribution in [2.45, 2.75) is 39.5 Å². The highest BCUT2D eigenvalue weighted by Gasteiger charge is 2.15. The van der Waals surface area contributed by atoms with Gasteiger partial charge in [0.05, 0.1) is 0 Å². The monoisotopic (exact) mass is 259 g/mol. The quantitative estimate of drug-likeness (QED) is 0.887. The molecule has 1 saturated heterocycles. The van der Waals surface area contributed by atoms with Gasteiger partial charge in [-0.1, -0.05) is 6.07 Å². The van der Waals surface area contributed by atoms with E-state index in [9.17, 15) is 4.79 Å². The van der Waals surface area contributed by atoms with E-state index in [0.717, 1.165) is 25.2 Å². The first-order valence-corrected chi connectivity index (χ1v) is 7.15. The molecule has 1 unspecified atom stereocenters. The third-order valence-corrected chi connectivity index (χ3v) is 3.60. The SMILES string of the molecule is Cc1cc(C)cc(NC(=O)CCC2CCC[N]C2)c1. The summed E-state index contributed by atoms with van der Waals surface area (Å²) in [4.78, 5) is 11.9. The highest BCUT2D eigenvalue weighted by atomic mass is 16.1. The van der Waals surface area contributed by atoms with Crippen molar-refractivity contribution < 1.29 is 4.79 Å². The summed E-state index contributed by atoms with van der Waals surface area (Å²) < 4.78 is 0. The average molecular weight is 259 g/mol. The van der Waals surface area contributed by atoms with Crippen molar-refractivity contribution in [3.8, 4) is 0 Å². The van der Waals surface area contributed by atoms with Crippen molar-refractivity contribution in [3.05, 3.63) is 29.3 Å². The zero-order valence-corrected chi connectivity index (χ0v) is 11.9. The standard InChI is InChI=1S/C16H23N2O/c1-12-8-13(2)10-15(9-12)18-16(19)6-5-14-4-3-7-17-11-14/h8-10,14H,3-7,11H2,1-2H3,(H,18,19). The lowest BCUT2D eigenvalue weighted by Crippen LogP contribution is -2.25. The van der Waals surface area contributed by atoms with Crippen LogP contribution in [0.2, 0.25) is 0 Å². The molecule has 0 aromatic heterocycles. The molecule has 103 valence electrons. The molecule has 1 fully saturated rings. The van der Waals surface area contributed by atoms with E-state index in [4.69, 9.17) is 0 Å². The highest BCUT2D eigenvalue weighted by Crippen LogP contribution is 2.18. The number of piperidine rings is 1. The van der Waals surface area contributed by atoms with Crippen LogP contribution in [0.3, 0.4) is 0 Å². The van der Waals surface area contributed by atoms with E-state index in [1.54, 1.807) is 0 Å². The Hall–Kier alpha value is -1.35.